The Morgan fingerprint density at radius 1 is 0.667 bits per heavy atom. The topological polar surface area (TPSA) is 57.2 Å². The smallest absolute Gasteiger partial charge is 0.167 e. The third kappa shape index (κ3) is 6.74. The van der Waals surface area contributed by atoms with E-state index in [0.717, 1.165) is 0 Å². The lowest BCUT2D eigenvalue weighted by molar-refractivity contribution is 0.453. The maximum Gasteiger partial charge on any atom is 0.167 e. The van der Waals surface area contributed by atoms with E-state index in [2.05, 4.69) is 92.7 Å². The van der Waals surface area contributed by atoms with E-state index < -0.39 is 26.6 Å². The Bertz CT molecular complexity index is 1270. The van der Waals surface area contributed by atoms with E-state index in [1.807, 2.05) is 0 Å². The van der Waals surface area contributed by atoms with Gasteiger partial charge in [-0.05, 0) is 73.5 Å². The fourth-order valence-corrected chi connectivity index (χ4v) is 6.07. The molecule has 33 heavy (non-hydrogen) atoms. The molecule has 0 bridgehead atoms. The van der Waals surface area contributed by atoms with Crippen LogP contribution >= 0.6 is 0 Å². The van der Waals surface area contributed by atoms with Gasteiger partial charge < -0.3 is 4.55 Å². The summed E-state index contributed by atoms with van der Waals surface area (Å²) in [5.74, 6) is -2.30. The maximum absolute atomic E-state index is 12.5. The molecule has 0 saturated heterocycles. The molecule has 0 radical (unpaired) electrons. The molecule has 4 aromatic carbocycles. The summed E-state index contributed by atoms with van der Waals surface area (Å²) in [4.78, 5) is 3.09. The molecule has 0 heterocycles. The molecule has 0 unspecified atom stereocenters. The molecule has 3 nitrogen and oxygen atoms in total. The normalized spacial score (nSPS) is 11.1. The number of halogens is 2. The summed E-state index contributed by atoms with van der Waals surface area (Å²) in [5, 5.41) is 0. The summed E-state index contributed by atoms with van der Waals surface area (Å²) in [6, 6.07) is 30.1. The summed E-state index contributed by atoms with van der Waals surface area (Å²) in [6.45, 7) is 4.35. The molecule has 4 rings (SSSR count). The zero-order valence-electron chi connectivity index (χ0n) is 18.0. The summed E-state index contributed by atoms with van der Waals surface area (Å²) in [5.41, 5.74) is 2.66. The quantitative estimate of drug-likeness (QED) is 0.253. The highest BCUT2D eigenvalue weighted by Crippen LogP contribution is 2.31. The lowest BCUT2D eigenvalue weighted by Crippen LogP contribution is -2.05. The third-order valence-electron chi connectivity index (χ3n) is 4.55. The van der Waals surface area contributed by atoms with Crippen molar-refractivity contribution in [3.63, 3.8) is 0 Å². The van der Waals surface area contributed by atoms with Gasteiger partial charge in [-0.15, -0.1) is 0 Å². The Morgan fingerprint density at radius 3 is 1.58 bits per heavy atom. The molecule has 0 atom stereocenters. The Labute approximate surface area is 195 Å². The molecule has 7 heteroatoms. The van der Waals surface area contributed by atoms with Crippen LogP contribution in [-0.4, -0.2) is 13.0 Å². The molecule has 0 aliphatic carbocycles. The minimum Gasteiger partial charge on any atom is -0.744 e. The van der Waals surface area contributed by atoms with Crippen molar-refractivity contribution in [2.75, 3.05) is 0 Å². The molecule has 0 spiro atoms. The van der Waals surface area contributed by atoms with Crippen molar-refractivity contribution in [3.05, 3.63) is 120 Å². The van der Waals surface area contributed by atoms with Crippen molar-refractivity contribution in [1.29, 1.82) is 0 Å². The van der Waals surface area contributed by atoms with E-state index in [0.29, 0.717) is 18.2 Å². The van der Waals surface area contributed by atoms with Crippen LogP contribution in [0.1, 0.15) is 11.1 Å². The van der Waals surface area contributed by atoms with Gasteiger partial charge in [0.25, 0.3) is 0 Å². The van der Waals surface area contributed by atoms with Gasteiger partial charge in [0.05, 0.1) is 15.8 Å². The Morgan fingerprint density at radius 2 is 1.15 bits per heavy atom. The van der Waals surface area contributed by atoms with Crippen molar-refractivity contribution in [2.24, 2.45) is 0 Å². The SMILES string of the molecule is Cc1cc(C)cc([S+](c2ccccc2)c2ccccc2)c1.O=S(=O)([O-])c1ccc(F)cc1F. The third-order valence-corrected chi connectivity index (χ3v) is 7.62. The van der Waals surface area contributed by atoms with Crippen LogP contribution in [0.3, 0.4) is 0 Å². The minimum absolute atomic E-state index is 0.0352. The highest BCUT2D eigenvalue weighted by Gasteiger charge is 2.28. The molecule has 170 valence electrons. The maximum atomic E-state index is 12.5. The standard InChI is InChI=1S/C20H19S.C6H4F2O3S/c1-16-13-17(2)15-20(14-16)21(18-9-5-3-6-10-18)19-11-7-4-8-12-19;7-4-1-2-6(5(8)3-4)12(9,10)11/h3-15H,1-2H3;1-3H,(H,9,10,11)/q+1;/p-1. The van der Waals surface area contributed by atoms with Gasteiger partial charge in [-0.1, -0.05) is 42.5 Å². The molecular formula is C26H22F2O3S2. The molecule has 0 aromatic heterocycles. The molecule has 0 saturated carbocycles. The second-order valence-electron chi connectivity index (χ2n) is 7.28. The second kappa shape index (κ2) is 10.7. The first-order valence-electron chi connectivity index (χ1n) is 9.99. The van der Waals surface area contributed by atoms with Crippen molar-refractivity contribution >= 4 is 21.0 Å². The van der Waals surface area contributed by atoms with Gasteiger partial charge in [0.15, 0.2) is 14.7 Å². The lowest BCUT2D eigenvalue weighted by Gasteiger charge is -2.09. The van der Waals surface area contributed by atoms with Gasteiger partial charge in [0.2, 0.25) is 0 Å². The van der Waals surface area contributed by atoms with Gasteiger partial charge in [0, 0.05) is 6.07 Å². The van der Waals surface area contributed by atoms with Gasteiger partial charge in [-0.3, -0.25) is 0 Å². The first kappa shape index (κ1) is 24.6. The summed E-state index contributed by atoms with van der Waals surface area (Å²) in [6.07, 6.45) is 0. The van der Waals surface area contributed by atoms with Crippen LogP contribution in [-0.2, 0) is 21.0 Å². The van der Waals surface area contributed by atoms with Crippen LogP contribution in [0.15, 0.2) is 117 Å². The molecule has 4 aromatic rings. The molecular weight excluding hydrogens is 462 g/mol. The molecule has 0 N–H and O–H groups in total. The van der Waals surface area contributed by atoms with Crippen molar-refractivity contribution < 1.29 is 21.8 Å². The Kier molecular flexibility index (Phi) is 8.02. The number of hydrogen-bond donors (Lipinski definition) is 0. The first-order chi connectivity index (χ1) is 15.6. The number of rotatable bonds is 4. The number of hydrogen-bond acceptors (Lipinski definition) is 3. The lowest BCUT2D eigenvalue weighted by atomic mass is 10.2. The highest BCUT2D eigenvalue weighted by molar-refractivity contribution is 7.97. The van der Waals surface area contributed by atoms with Crippen LogP contribution in [0, 0.1) is 25.5 Å². The molecule has 0 aliphatic heterocycles. The van der Waals surface area contributed by atoms with E-state index in [1.54, 1.807) is 0 Å². The zero-order valence-corrected chi connectivity index (χ0v) is 19.7. The van der Waals surface area contributed by atoms with Gasteiger partial charge in [0.1, 0.15) is 21.8 Å². The van der Waals surface area contributed by atoms with Gasteiger partial charge in [-0.2, -0.15) is 0 Å². The average Bonchev–Trinajstić information content (AvgIpc) is 2.74. The van der Waals surface area contributed by atoms with Crippen LogP contribution in [0.25, 0.3) is 0 Å². The fourth-order valence-electron chi connectivity index (χ4n) is 3.25. The summed E-state index contributed by atoms with van der Waals surface area (Å²) < 4.78 is 55.5. The van der Waals surface area contributed by atoms with Crippen molar-refractivity contribution in [2.45, 2.75) is 33.4 Å². The van der Waals surface area contributed by atoms with Crippen molar-refractivity contribution in [3.8, 4) is 0 Å². The van der Waals surface area contributed by atoms with Crippen molar-refractivity contribution in [1.82, 2.24) is 0 Å². The highest BCUT2D eigenvalue weighted by atomic mass is 32.2. The second-order valence-corrected chi connectivity index (χ2v) is 10.7. The monoisotopic (exact) mass is 484 g/mol. The van der Waals surface area contributed by atoms with E-state index in [4.69, 9.17) is 0 Å². The van der Waals surface area contributed by atoms with Crippen LogP contribution in [0.2, 0.25) is 0 Å². The van der Waals surface area contributed by atoms with E-state index >= 15 is 0 Å². The molecule has 0 aliphatic rings. The predicted octanol–water partition coefficient (Wildman–Crippen LogP) is 6.27. The zero-order chi connectivity index (χ0) is 24.0. The number of benzene rings is 4. The van der Waals surface area contributed by atoms with E-state index in [9.17, 15) is 21.8 Å². The minimum atomic E-state index is -4.84. The van der Waals surface area contributed by atoms with E-state index in [1.165, 1.54) is 25.8 Å². The van der Waals surface area contributed by atoms with Gasteiger partial charge in [-0.25, -0.2) is 17.2 Å². The largest absolute Gasteiger partial charge is 0.744 e. The fraction of sp³-hybridized carbons (Fsp3) is 0.0769. The van der Waals surface area contributed by atoms with Gasteiger partial charge >= 0.3 is 0 Å². The summed E-state index contributed by atoms with van der Waals surface area (Å²) >= 11 is 0. The number of aryl methyl sites for hydroxylation is 2. The molecule has 0 fully saturated rings. The first-order valence-corrected chi connectivity index (χ1v) is 12.6. The predicted molar refractivity (Wildman–Crippen MR) is 125 cm³/mol. The summed E-state index contributed by atoms with van der Waals surface area (Å²) in [7, 11) is -4.88. The molecule has 0 amide bonds. The van der Waals surface area contributed by atoms with Crippen LogP contribution < -0.4 is 0 Å². The average molecular weight is 485 g/mol. The Hall–Kier alpha value is -3.00. The Balaban J connectivity index is 0.000000218. The van der Waals surface area contributed by atoms with E-state index in [-0.39, 0.29) is 10.9 Å². The van der Waals surface area contributed by atoms with Crippen LogP contribution in [0.4, 0.5) is 8.78 Å². The van der Waals surface area contributed by atoms with Crippen LogP contribution in [0.5, 0.6) is 0 Å².